The molecule has 0 aliphatic carbocycles. The topological polar surface area (TPSA) is 92.8 Å². The molecule has 1 heterocycles. The first kappa shape index (κ1) is 22.2. The van der Waals surface area contributed by atoms with Gasteiger partial charge in [0.05, 0.1) is 18.8 Å². The highest BCUT2D eigenvalue weighted by Gasteiger charge is 2.17. The zero-order chi connectivity index (χ0) is 20.8. The molecule has 0 atom stereocenters. The average Bonchev–Trinajstić information content (AvgIpc) is 2.62. The van der Waals surface area contributed by atoms with Crippen molar-refractivity contribution in [1.82, 2.24) is 4.90 Å². The first-order valence-corrected chi connectivity index (χ1v) is 9.74. The van der Waals surface area contributed by atoms with Gasteiger partial charge in [-0.05, 0) is 63.2 Å². The monoisotopic (exact) mass is 518 g/mol. The van der Waals surface area contributed by atoms with E-state index in [0.717, 1.165) is 50.1 Å². The van der Waals surface area contributed by atoms with Crippen LogP contribution in [-0.2, 0) is 0 Å². The molecule has 0 amide bonds. The van der Waals surface area contributed by atoms with Crippen LogP contribution in [0.2, 0.25) is 0 Å². The van der Waals surface area contributed by atoms with Gasteiger partial charge in [-0.15, -0.1) is 0 Å². The maximum Gasteiger partial charge on any atom is 0.283 e. The van der Waals surface area contributed by atoms with Crippen molar-refractivity contribution < 1.29 is 14.2 Å². The van der Waals surface area contributed by atoms with Gasteiger partial charge in [-0.1, -0.05) is 0 Å². The second-order valence-corrected chi connectivity index (χ2v) is 7.74. The lowest BCUT2D eigenvalue weighted by Crippen LogP contribution is -2.44. The maximum atomic E-state index is 12.4. The van der Waals surface area contributed by atoms with Crippen LogP contribution in [-0.4, -0.2) is 48.0 Å². The summed E-state index contributed by atoms with van der Waals surface area (Å²) in [6.07, 6.45) is 0. The zero-order valence-electron chi connectivity index (χ0n) is 14.8. The van der Waals surface area contributed by atoms with E-state index in [0.29, 0.717) is 4.47 Å². The molecule has 11 heteroatoms. The largest absolute Gasteiger partial charge is 0.369 e. The lowest BCUT2D eigenvalue weighted by molar-refractivity contribution is -0.385. The Labute approximate surface area is 177 Å². The number of rotatable bonds is 3. The molecule has 0 bridgehead atoms. The van der Waals surface area contributed by atoms with Gasteiger partial charge < -0.3 is 9.80 Å². The summed E-state index contributed by atoms with van der Waals surface area (Å²) in [7, 11) is 2.10. The quantitative estimate of drug-likeness (QED) is 0.434. The normalized spacial score (nSPS) is 14.2. The molecule has 3 rings (SSSR count). The smallest absolute Gasteiger partial charge is 0.283 e. The summed E-state index contributed by atoms with van der Waals surface area (Å²) in [6.45, 7) is 3.96. The summed E-state index contributed by atoms with van der Waals surface area (Å²) in [5, 5.41) is 20.9. The minimum atomic E-state index is -0.580. The highest BCUT2D eigenvalue weighted by atomic mass is 79.9. The van der Waals surface area contributed by atoms with Crippen molar-refractivity contribution in [1.29, 1.82) is 0 Å². The van der Waals surface area contributed by atoms with Crippen LogP contribution in [0.5, 0.6) is 0 Å². The lowest BCUT2D eigenvalue weighted by Gasteiger charge is -2.34. The maximum absolute atomic E-state index is 12.4. The van der Waals surface area contributed by atoms with Gasteiger partial charge in [-0.2, -0.15) is 0 Å². The molecule has 0 unspecified atom stereocenters. The molecule has 0 radical (unpaired) electrons. The minimum absolute atomic E-state index is 0.114. The van der Waals surface area contributed by atoms with Gasteiger partial charge >= 0.3 is 0 Å². The van der Waals surface area contributed by atoms with E-state index >= 15 is 0 Å². The second kappa shape index (κ2) is 9.89. The van der Waals surface area contributed by atoms with Crippen LogP contribution in [0, 0.1) is 26.0 Å². The van der Waals surface area contributed by atoms with Crippen molar-refractivity contribution in [2.75, 3.05) is 38.1 Å². The molecule has 1 aliphatic heterocycles. The Hall–Kier alpha value is -2.11. The van der Waals surface area contributed by atoms with Crippen LogP contribution in [0.25, 0.3) is 0 Å². The SMILES string of the molecule is CN1CCN(c2ccc([N+](=O)[O-])c(Br)c2)CC1.O=[N+]([O-])c1ccc(F)cc1Br. The molecule has 150 valence electrons. The summed E-state index contributed by atoms with van der Waals surface area (Å²) >= 11 is 6.11. The summed E-state index contributed by atoms with van der Waals surface area (Å²) in [5.74, 6) is -0.498. The van der Waals surface area contributed by atoms with Crippen LogP contribution in [0.3, 0.4) is 0 Å². The summed E-state index contributed by atoms with van der Waals surface area (Å²) < 4.78 is 13.1. The third-order valence-electron chi connectivity index (χ3n) is 4.10. The van der Waals surface area contributed by atoms with E-state index in [1.54, 1.807) is 6.07 Å². The van der Waals surface area contributed by atoms with Gasteiger partial charge in [-0.3, -0.25) is 20.2 Å². The van der Waals surface area contributed by atoms with Crippen molar-refractivity contribution in [3.05, 3.63) is 71.4 Å². The molecular weight excluding hydrogens is 503 g/mol. The third kappa shape index (κ3) is 5.94. The fourth-order valence-electron chi connectivity index (χ4n) is 2.53. The lowest BCUT2D eigenvalue weighted by atomic mass is 10.2. The van der Waals surface area contributed by atoms with Crippen molar-refractivity contribution >= 4 is 48.9 Å². The number of benzene rings is 2. The number of hydrogen-bond acceptors (Lipinski definition) is 6. The van der Waals surface area contributed by atoms with Gasteiger partial charge in [-0.25, -0.2) is 4.39 Å². The van der Waals surface area contributed by atoms with Gasteiger partial charge in [0.15, 0.2) is 0 Å². The predicted octanol–water partition coefficient (Wildman–Crippen LogP) is 4.61. The number of likely N-dealkylation sites (N-methyl/N-ethyl adjacent to an activating group) is 1. The van der Waals surface area contributed by atoms with E-state index in [-0.39, 0.29) is 20.8 Å². The first-order chi connectivity index (χ1) is 13.2. The third-order valence-corrected chi connectivity index (χ3v) is 5.37. The van der Waals surface area contributed by atoms with E-state index in [9.17, 15) is 24.6 Å². The molecule has 0 spiro atoms. The number of nitrogens with zero attached hydrogens (tertiary/aromatic N) is 4. The zero-order valence-corrected chi connectivity index (χ0v) is 18.0. The van der Waals surface area contributed by atoms with Crippen LogP contribution in [0.15, 0.2) is 45.3 Å². The Morgan fingerprint density at radius 3 is 1.86 bits per heavy atom. The van der Waals surface area contributed by atoms with E-state index < -0.39 is 10.7 Å². The molecule has 8 nitrogen and oxygen atoms in total. The molecule has 1 aliphatic rings. The van der Waals surface area contributed by atoms with Crippen LogP contribution < -0.4 is 4.90 Å². The Morgan fingerprint density at radius 1 is 0.893 bits per heavy atom. The van der Waals surface area contributed by atoms with Crippen molar-refractivity contribution in [2.45, 2.75) is 0 Å². The predicted molar refractivity (Wildman–Crippen MR) is 111 cm³/mol. The highest BCUT2D eigenvalue weighted by Crippen LogP contribution is 2.29. The number of nitro benzene ring substituents is 2. The molecule has 28 heavy (non-hydrogen) atoms. The Morgan fingerprint density at radius 2 is 1.39 bits per heavy atom. The van der Waals surface area contributed by atoms with Gasteiger partial charge in [0.1, 0.15) is 5.82 Å². The Kier molecular flexibility index (Phi) is 7.84. The minimum Gasteiger partial charge on any atom is -0.369 e. The molecule has 2 aromatic carbocycles. The fraction of sp³-hybridized carbons (Fsp3) is 0.294. The van der Waals surface area contributed by atoms with Gasteiger partial charge in [0.2, 0.25) is 0 Å². The molecule has 2 aromatic rings. The number of nitro groups is 2. The van der Waals surface area contributed by atoms with Gasteiger partial charge in [0.25, 0.3) is 11.4 Å². The molecular formula is C17H17Br2FN4O4. The molecule has 1 saturated heterocycles. The van der Waals surface area contributed by atoms with E-state index in [4.69, 9.17) is 0 Å². The second-order valence-electron chi connectivity index (χ2n) is 6.04. The number of halogens is 3. The van der Waals surface area contributed by atoms with Crippen molar-refractivity contribution in [2.24, 2.45) is 0 Å². The molecule has 0 saturated carbocycles. The first-order valence-electron chi connectivity index (χ1n) is 8.16. The van der Waals surface area contributed by atoms with Crippen LogP contribution in [0.1, 0.15) is 0 Å². The molecule has 1 fully saturated rings. The summed E-state index contributed by atoms with van der Waals surface area (Å²) in [6, 6.07) is 8.40. The van der Waals surface area contributed by atoms with E-state index in [2.05, 4.69) is 48.7 Å². The number of hydrogen-bond donors (Lipinski definition) is 0. The number of piperazine rings is 1. The Balaban J connectivity index is 0.000000221. The fourth-order valence-corrected chi connectivity index (χ4v) is 3.54. The van der Waals surface area contributed by atoms with Crippen LogP contribution >= 0.6 is 31.9 Å². The Bertz CT molecular complexity index is 876. The number of anilines is 1. The molecule has 0 aromatic heterocycles. The average molecular weight is 520 g/mol. The summed E-state index contributed by atoms with van der Waals surface area (Å²) in [5.41, 5.74) is 1.02. The highest BCUT2D eigenvalue weighted by molar-refractivity contribution is 9.11. The van der Waals surface area contributed by atoms with E-state index in [1.165, 1.54) is 0 Å². The van der Waals surface area contributed by atoms with Crippen molar-refractivity contribution in [3.63, 3.8) is 0 Å². The van der Waals surface area contributed by atoms with Crippen molar-refractivity contribution in [3.8, 4) is 0 Å². The van der Waals surface area contributed by atoms with Crippen LogP contribution in [0.4, 0.5) is 21.5 Å². The van der Waals surface area contributed by atoms with Gasteiger partial charge in [0, 0.05) is 44.0 Å². The standard InChI is InChI=1S/C11H14BrN3O2.C6H3BrFNO2/c1-13-4-6-14(7-5-13)9-2-3-11(15(16)17)10(12)8-9;7-5-3-4(8)1-2-6(5)9(10)11/h2-3,8H,4-7H2,1H3;1-3H. The van der Waals surface area contributed by atoms with E-state index in [1.807, 2.05) is 12.1 Å². The summed E-state index contributed by atoms with van der Waals surface area (Å²) in [4.78, 5) is 24.5. The molecule has 0 N–H and O–H groups in total.